The molecule has 0 spiro atoms. The number of amides is 1. The van der Waals surface area contributed by atoms with Crippen LogP contribution in [0.5, 0.6) is 0 Å². The Morgan fingerprint density at radius 2 is 1.48 bits per heavy atom. The van der Waals surface area contributed by atoms with E-state index in [2.05, 4.69) is 42.4 Å². The molecule has 23 heavy (non-hydrogen) atoms. The lowest BCUT2D eigenvalue weighted by Gasteiger charge is -2.39. The molecule has 0 atom stereocenters. The van der Waals surface area contributed by atoms with Gasteiger partial charge in [0.2, 0.25) is 5.91 Å². The summed E-state index contributed by atoms with van der Waals surface area (Å²) in [5.74, 6) is 2.20. The van der Waals surface area contributed by atoms with Crippen LogP contribution < -0.4 is 0 Å². The van der Waals surface area contributed by atoms with E-state index in [1.165, 1.54) is 13.0 Å². The molecule has 0 aromatic heterocycles. The second-order valence-electron chi connectivity index (χ2n) is 8.32. The van der Waals surface area contributed by atoms with Crippen molar-refractivity contribution in [3.8, 4) is 0 Å². The lowest BCUT2D eigenvalue weighted by atomic mass is 9.94. The number of piperazine rings is 1. The molecule has 2 saturated heterocycles. The first-order valence-corrected chi connectivity index (χ1v) is 9.69. The van der Waals surface area contributed by atoms with E-state index in [0.717, 1.165) is 64.6 Å². The van der Waals surface area contributed by atoms with Crippen molar-refractivity contribution < 1.29 is 4.79 Å². The Hall–Kier alpha value is -0.610. The van der Waals surface area contributed by atoms with Gasteiger partial charge in [-0.3, -0.25) is 9.69 Å². The predicted molar refractivity (Wildman–Crippen MR) is 96.5 cm³/mol. The van der Waals surface area contributed by atoms with Crippen LogP contribution in [0.15, 0.2) is 0 Å². The van der Waals surface area contributed by atoms with E-state index >= 15 is 0 Å². The van der Waals surface area contributed by atoms with Crippen molar-refractivity contribution in [2.24, 2.45) is 17.8 Å². The summed E-state index contributed by atoms with van der Waals surface area (Å²) in [6.45, 7) is 17.7. The Balaban J connectivity index is 1.69. The number of carbonyl (C=O) groups is 1. The van der Waals surface area contributed by atoms with Crippen molar-refractivity contribution in [2.75, 3.05) is 52.4 Å². The summed E-state index contributed by atoms with van der Waals surface area (Å²) in [4.78, 5) is 19.9. The molecule has 2 heterocycles. The first kappa shape index (κ1) is 18.7. The van der Waals surface area contributed by atoms with Gasteiger partial charge in [-0.05, 0) is 50.7 Å². The summed E-state index contributed by atoms with van der Waals surface area (Å²) in [6, 6.07) is 0. The molecular weight excluding hydrogens is 286 g/mol. The van der Waals surface area contributed by atoms with Crippen LogP contribution in [0.2, 0.25) is 0 Å². The molecule has 4 nitrogen and oxygen atoms in total. The third-order valence-corrected chi connectivity index (χ3v) is 5.27. The number of likely N-dealkylation sites (tertiary alicyclic amines) is 1. The van der Waals surface area contributed by atoms with Crippen molar-refractivity contribution in [3.05, 3.63) is 0 Å². The van der Waals surface area contributed by atoms with Crippen LogP contribution in [0.4, 0.5) is 0 Å². The van der Waals surface area contributed by atoms with E-state index in [1.54, 1.807) is 0 Å². The van der Waals surface area contributed by atoms with Crippen molar-refractivity contribution in [2.45, 2.75) is 47.0 Å². The zero-order chi connectivity index (χ0) is 16.8. The number of hydrogen-bond donors (Lipinski definition) is 0. The average Bonchev–Trinajstić information content (AvgIpc) is 2.53. The Kier molecular flexibility index (Phi) is 7.35. The van der Waals surface area contributed by atoms with E-state index in [-0.39, 0.29) is 5.92 Å². The maximum Gasteiger partial charge on any atom is 0.225 e. The highest BCUT2D eigenvalue weighted by Gasteiger charge is 2.30. The van der Waals surface area contributed by atoms with Crippen molar-refractivity contribution in [1.82, 2.24) is 14.7 Å². The normalized spacial score (nSPS) is 22.3. The van der Waals surface area contributed by atoms with Gasteiger partial charge in [-0.15, -0.1) is 0 Å². The molecule has 2 fully saturated rings. The predicted octanol–water partition coefficient (Wildman–Crippen LogP) is 2.54. The minimum atomic E-state index is 0.280. The Morgan fingerprint density at radius 1 is 0.870 bits per heavy atom. The van der Waals surface area contributed by atoms with Gasteiger partial charge in [0.1, 0.15) is 0 Å². The molecule has 0 bridgehead atoms. The number of nitrogens with zero attached hydrogens (tertiary/aromatic N) is 3. The maximum atomic E-state index is 12.7. The van der Waals surface area contributed by atoms with Crippen molar-refractivity contribution in [1.29, 1.82) is 0 Å². The Labute approximate surface area is 143 Å². The third-order valence-electron chi connectivity index (χ3n) is 5.27. The summed E-state index contributed by atoms with van der Waals surface area (Å²) in [5, 5.41) is 0. The first-order chi connectivity index (χ1) is 11.0. The molecule has 2 aliphatic rings. The van der Waals surface area contributed by atoms with Crippen LogP contribution in [-0.2, 0) is 4.79 Å². The van der Waals surface area contributed by atoms with Crippen LogP contribution >= 0.6 is 0 Å². The molecule has 2 rings (SSSR count). The summed E-state index contributed by atoms with van der Waals surface area (Å²) >= 11 is 0. The summed E-state index contributed by atoms with van der Waals surface area (Å²) in [5.41, 5.74) is 0. The van der Waals surface area contributed by atoms with Gasteiger partial charge in [0.25, 0.3) is 0 Å². The fraction of sp³-hybridized carbons (Fsp3) is 0.947. The second-order valence-corrected chi connectivity index (χ2v) is 8.32. The highest BCUT2D eigenvalue weighted by atomic mass is 16.2. The highest BCUT2D eigenvalue weighted by Crippen LogP contribution is 2.21. The fourth-order valence-corrected chi connectivity index (χ4v) is 3.77. The number of rotatable bonds is 6. The average molecular weight is 324 g/mol. The van der Waals surface area contributed by atoms with Crippen LogP contribution in [0.3, 0.4) is 0 Å². The van der Waals surface area contributed by atoms with E-state index in [4.69, 9.17) is 0 Å². The van der Waals surface area contributed by atoms with Gasteiger partial charge < -0.3 is 9.80 Å². The molecule has 2 aliphatic heterocycles. The molecule has 0 aliphatic carbocycles. The van der Waals surface area contributed by atoms with Crippen molar-refractivity contribution >= 4 is 5.91 Å². The highest BCUT2D eigenvalue weighted by molar-refractivity contribution is 5.79. The van der Waals surface area contributed by atoms with E-state index in [1.807, 2.05) is 0 Å². The first-order valence-electron chi connectivity index (χ1n) is 9.69. The van der Waals surface area contributed by atoms with Crippen molar-refractivity contribution in [3.63, 3.8) is 0 Å². The topological polar surface area (TPSA) is 26.8 Å². The molecule has 1 amide bonds. The van der Waals surface area contributed by atoms with Crippen LogP contribution in [-0.4, -0.2) is 73.0 Å². The minimum absolute atomic E-state index is 0.280. The summed E-state index contributed by atoms with van der Waals surface area (Å²) in [7, 11) is 0. The van der Waals surface area contributed by atoms with E-state index < -0.39 is 0 Å². The largest absolute Gasteiger partial charge is 0.340 e. The number of carbonyl (C=O) groups excluding carboxylic acids is 1. The molecule has 0 N–H and O–H groups in total. The van der Waals surface area contributed by atoms with Gasteiger partial charge in [-0.2, -0.15) is 0 Å². The maximum absolute atomic E-state index is 12.7. The van der Waals surface area contributed by atoms with Crippen LogP contribution in [0.1, 0.15) is 47.0 Å². The summed E-state index contributed by atoms with van der Waals surface area (Å²) < 4.78 is 0. The molecule has 4 heteroatoms. The lowest BCUT2D eigenvalue weighted by molar-refractivity contribution is -0.138. The standard InChI is InChI=1S/C19H37N3O/c1-16(2)5-8-20-9-6-18(7-10-20)19(23)22-13-11-21(12-14-22)15-17(3)4/h16-18H,5-15H2,1-4H3. The lowest BCUT2D eigenvalue weighted by Crippen LogP contribution is -2.52. The van der Waals surface area contributed by atoms with Gasteiger partial charge in [-0.25, -0.2) is 0 Å². The zero-order valence-electron chi connectivity index (χ0n) is 15.8. The molecule has 0 aromatic carbocycles. The Morgan fingerprint density at radius 3 is 2.00 bits per heavy atom. The van der Waals surface area contributed by atoms with E-state index in [0.29, 0.717) is 11.8 Å². The van der Waals surface area contributed by atoms with Gasteiger partial charge in [-0.1, -0.05) is 27.7 Å². The minimum Gasteiger partial charge on any atom is -0.340 e. The van der Waals surface area contributed by atoms with Gasteiger partial charge >= 0.3 is 0 Å². The Bertz CT molecular complexity index is 354. The molecule has 0 unspecified atom stereocenters. The molecule has 0 saturated carbocycles. The van der Waals surface area contributed by atoms with Crippen LogP contribution in [0, 0.1) is 17.8 Å². The monoisotopic (exact) mass is 323 g/mol. The molecule has 0 aromatic rings. The molecule has 0 radical (unpaired) electrons. The second kappa shape index (κ2) is 9.03. The summed E-state index contributed by atoms with van der Waals surface area (Å²) in [6.07, 6.45) is 3.39. The third kappa shape index (κ3) is 6.07. The number of piperidine rings is 1. The van der Waals surface area contributed by atoms with Gasteiger partial charge in [0.15, 0.2) is 0 Å². The molecule has 134 valence electrons. The quantitative estimate of drug-likeness (QED) is 0.751. The SMILES string of the molecule is CC(C)CCN1CCC(C(=O)N2CCN(CC(C)C)CC2)CC1. The number of hydrogen-bond acceptors (Lipinski definition) is 3. The van der Waals surface area contributed by atoms with Gasteiger partial charge in [0, 0.05) is 38.6 Å². The zero-order valence-corrected chi connectivity index (χ0v) is 15.8. The fourth-order valence-electron chi connectivity index (χ4n) is 3.77. The molecular formula is C19H37N3O. The van der Waals surface area contributed by atoms with E-state index in [9.17, 15) is 4.79 Å². The van der Waals surface area contributed by atoms with Crippen LogP contribution in [0.25, 0.3) is 0 Å². The van der Waals surface area contributed by atoms with Gasteiger partial charge in [0.05, 0.1) is 0 Å². The smallest absolute Gasteiger partial charge is 0.225 e.